The van der Waals surface area contributed by atoms with Crippen LogP contribution < -0.4 is 15.8 Å². The number of ether oxygens (including phenoxy) is 1. The Morgan fingerprint density at radius 1 is 1.38 bits per heavy atom. The lowest BCUT2D eigenvalue weighted by Crippen LogP contribution is -2.28. The fraction of sp³-hybridized carbons (Fsp3) is 0.588. The van der Waals surface area contributed by atoms with E-state index >= 15 is 0 Å². The zero-order valence-corrected chi connectivity index (χ0v) is 13.6. The third-order valence-electron chi connectivity index (χ3n) is 3.82. The van der Waals surface area contributed by atoms with Crippen molar-refractivity contribution in [3.05, 3.63) is 29.8 Å². The monoisotopic (exact) mass is 292 g/mol. The molecular weight excluding hydrogens is 264 g/mol. The van der Waals surface area contributed by atoms with Gasteiger partial charge in [-0.15, -0.1) is 0 Å². The van der Waals surface area contributed by atoms with Gasteiger partial charge in [-0.05, 0) is 49.4 Å². The lowest BCUT2D eigenvalue weighted by Gasteiger charge is -2.24. The summed E-state index contributed by atoms with van der Waals surface area (Å²) in [6, 6.07) is 7.74. The minimum Gasteiger partial charge on any atom is -0.497 e. The maximum Gasteiger partial charge on any atom is 0.220 e. The van der Waals surface area contributed by atoms with Crippen molar-refractivity contribution in [2.45, 2.75) is 46.1 Å². The molecule has 0 radical (unpaired) electrons. The van der Waals surface area contributed by atoms with Gasteiger partial charge in [0, 0.05) is 6.42 Å². The summed E-state index contributed by atoms with van der Waals surface area (Å²) in [4.78, 5) is 12.1. The maximum absolute atomic E-state index is 12.1. The van der Waals surface area contributed by atoms with Crippen LogP contribution in [0.4, 0.5) is 0 Å². The van der Waals surface area contributed by atoms with Gasteiger partial charge in [-0.2, -0.15) is 0 Å². The Labute approximate surface area is 128 Å². The van der Waals surface area contributed by atoms with Crippen molar-refractivity contribution in [1.29, 1.82) is 0 Å². The molecule has 0 saturated heterocycles. The van der Waals surface area contributed by atoms with Crippen LogP contribution in [0.15, 0.2) is 24.3 Å². The zero-order valence-electron chi connectivity index (χ0n) is 13.6. The largest absolute Gasteiger partial charge is 0.497 e. The minimum absolute atomic E-state index is 0.0229. The molecular formula is C17H28N2O2. The molecule has 21 heavy (non-hydrogen) atoms. The SMILES string of the molecule is COc1cccc(C(C)NC(=O)CCC(C)(C)CCN)c1. The van der Waals surface area contributed by atoms with E-state index in [1.807, 2.05) is 31.2 Å². The summed E-state index contributed by atoms with van der Waals surface area (Å²) in [5, 5.41) is 3.04. The van der Waals surface area contributed by atoms with E-state index in [1.54, 1.807) is 7.11 Å². The predicted molar refractivity (Wildman–Crippen MR) is 86.2 cm³/mol. The van der Waals surface area contributed by atoms with Gasteiger partial charge in [0.25, 0.3) is 0 Å². The molecule has 1 rings (SSSR count). The number of benzene rings is 1. The molecule has 0 fully saturated rings. The summed E-state index contributed by atoms with van der Waals surface area (Å²) in [5.74, 6) is 0.882. The van der Waals surface area contributed by atoms with Crippen LogP contribution >= 0.6 is 0 Å². The normalized spacial score (nSPS) is 12.8. The van der Waals surface area contributed by atoms with Crippen LogP contribution in [0.1, 0.15) is 51.6 Å². The fourth-order valence-corrected chi connectivity index (χ4v) is 2.28. The summed E-state index contributed by atoms with van der Waals surface area (Å²) >= 11 is 0. The quantitative estimate of drug-likeness (QED) is 0.774. The highest BCUT2D eigenvalue weighted by molar-refractivity contribution is 5.76. The van der Waals surface area contributed by atoms with Crippen molar-refractivity contribution >= 4 is 5.91 Å². The van der Waals surface area contributed by atoms with Crippen LogP contribution in [0.25, 0.3) is 0 Å². The molecule has 1 aromatic rings. The van der Waals surface area contributed by atoms with Gasteiger partial charge in [0.05, 0.1) is 13.2 Å². The second-order valence-electron chi connectivity index (χ2n) is 6.27. The van der Waals surface area contributed by atoms with Crippen LogP contribution in [-0.2, 0) is 4.79 Å². The molecule has 0 spiro atoms. The number of hydrogen-bond donors (Lipinski definition) is 2. The molecule has 3 N–H and O–H groups in total. The number of amides is 1. The van der Waals surface area contributed by atoms with Gasteiger partial charge >= 0.3 is 0 Å². The third-order valence-corrected chi connectivity index (χ3v) is 3.82. The average molecular weight is 292 g/mol. The zero-order chi connectivity index (χ0) is 15.9. The molecule has 4 heteroatoms. The minimum atomic E-state index is -0.0229. The summed E-state index contributed by atoms with van der Waals surface area (Å²) in [6.07, 6.45) is 2.31. The Hall–Kier alpha value is -1.55. The van der Waals surface area contributed by atoms with Gasteiger partial charge in [-0.3, -0.25) is 4.79 Å². The van der Waals surface area contributed by atoms with Gasteiger partial charge < -0.3 is 15.8 Å². The molecule has 0 aliphatic rings. The van der Waals surface area contributed by atoms with Crippen LogP contribution in [0.2, 0.25) is 0 Å². The van der Waals surface area contributed by atoms with E-state index < -0.39 is 0 Å². The van der Waals surface area contributed by atoms with Gasteiger partial charge in [0.2, 0.25) is 5.91 Å². The van der Waals surface area contributed by atoms with E-state index in [9.17, 15) is 4.79 Å². The number of rotatable bonds is 8. The van der Waals surface area contributed by atoms with E-state index in [0.717, 1.165) is 24.2 Å². The first kappa shape index (κ1) is 17.5. The number of carbonyl (C=O) groups is 1. The number of nitrogens with one attached hydrogen (secondary N) is 1. The Bertz CT molecular complexity index is 458. The summed E-state index contributed by atoms with van der Waals surface area (Å²) < 4.78 is 5.20. The third kappa shape index (κ3) is 6.17. The number of methoxy groups -OCH3 is 1. The number of carbonyl (C=O) groups excluding carboxylic acids is 1. The van der Waals surface area contributed by atoms with E-state index in [0.29, 0.717) is 13.0 Å². The molecule has 1 amide bonds. The number of nitrogens with two attached hydrogens (primary N) is 1. The predicted octanol–water partition coefficient (Wildman–Crippen LogP) is 3.03. The molecule has 118 valence electrons. The second-order valence-corrected chi connectivity index (χ2v) is 6.27. The highest BCUT2D eigenvalue weighted by Gasteiger charge is 2.19. The maximum atomic E-state index is 12.1. The molecule has 1 unspecified atom stereocenters. The Kier molecular flexibility index (Phi) is 6.69. The van der Waals surface area contributed by atoms with E-state index in [4.69, 9.17) is 10.5 Å². The van der Waals surface area contributed by atoms with E-state index in [-0.39, 0.29) is 17.4 Å². The van der Waals surface area contributed by atoms with Crippen molar-refractivity contribution in [2.75, 3.05) is 13.7 Å². The van der Waals surface area contributed by atoms with Crippen molar-refractivity contribution < 1.29 is 9.53 Å². The molecule has 0 bridgehead atoms. The highest BCUT2D eigenvalue weighted by Crippen LogP contribution is 2.26. The molecule has 0 aliphatic carbocycles. The molecule has 4 nitrogen and oxygen atoms in total. The Morgan fingerprint density at radius 2 is 2.10 bits per heavy atom. The lowest BCUT2D eigenvalue weighted by atomic mass is 9.84. The first-order valence-electron chi connectivity index (χ1n) is 7.51. The highest BCUT2D eigenvalue weighted by atomic mass is 16.5. The van der Waals surface area contributed by atoms with Gasteiger partial charge in [0.1, 0.15) is 5.75 Å². The first-order valence-corrected chi connectivity index (χ1v) is 7.51. The lowest BCUT2D eigenvalue weighted by molar-refractivity contribution is -0.122. The first-order chi connectivity index (χ1) is 9.88. The van der Waals surface area contributed by atoms with E-state index in [1.165, 1.54) is 0 Å². The van der Waals surface area contributed by atoms with Crippen LogP contribution in [0.5, 0.6) is 5.75 Å². The van der Waals surface area contributed by atoms with Crippen molar-refractivity contribution in [3.8, 4) is 5.75 Å². The standard InChI is InChI=1S/C17H28N2O2/c1-13(14-6-5-7-15(12-14)21-4)19-16(20)8-9-17(2,3)10-11-18/h5-7,12-13H,8-11,18H2,1-4H3,(H,19,20). The molecule has 0 heterocycles. The molecule has 1 aromatic carbocycles. The number of hydrogen-bond acceptors (Lipinski definition) is 3. The van der Waals surface area contributed by atoms with Crippen LogP contribution in [0.3, 0.4) is 0 Å². The molecule has 0 aliphatic heterocycles. The van der Waals surface area contributed by atoms with Crippen molar-refractivity contribution in [3.63, 3.8) is 0 Å². The Balaban J connectivity index is 2.50. The molecule has 0 aromatic heterocycles. The van der Waals surface area contributed by atoms with E-state index in [2.05, 4.69) is 19.2 Å². The van der Waals surface area contributed by atoms with Crippen molar-refractivity contribution in [1.82, 2.24) is 5.32 Å². The van der Waals surface area contributed by atoms with Gasteiger partial charge in [-0.25, -0.2) is 0 Å². The van der Waals surface area contributed by atoms with Gasteiger partial charge in [0.15, 0.2) is 0 Å². The summed E-state index contributed by atoms with van der Waals surface area (Å²) in [6.45, 7) is 6.95. The van der Waals surface area contributed by atoms with Gasteiger partial charge in [-0.1, -0.05) is 26.0 Å². The fourth-order valence-electron chi connectivity index (χ4n) is 2.28. The molecule has 1 atom stereocenters. The topological polar surface area (TPSA) is 64.3 Å². The Morgan fingerprint density at radius 3 is 2.71 bits per heavy atom. The molecule has 0 saturated carbocycles. The average Bonchev–Trinajstić information content (AvgIpc) is 2.45. The second kappa shape index (κ2) is 8.03. The smallest absolute Gasteiger partial charge is 0.220 e. The van der Waals surface area contributed by atoms with Crippen molar-refractivity contribution in [2.24, 2.45) is 11.1 Å². The summed E-state index contributed by atoms with van der Waals surface area (Å²) in [7, 11) is 1.64. The van der Waals surface area contributed by atoms with Crippen LogP contribution in [-0.4, -0.2) is 19.6 Å². The van der Waals surface area contributed by atoms with Crippen LogP contribution in [0, 0.1) is 5.41 Å². The summed E-state index contributed by atoms with van der Waals surface area (Å²) in [5.41, 5.74) is 6.75.